The number of aromatic nitrogens is 2. The molecule has 0 aliphatic rings. The maximum absolute atomic E-state index is 11.8. The standard InChI is InChI=1S/C16H21N3O3S2/c1-3-21-13-6-5-12(9-14(13)22-4-2)7-8-17-15(20)10-23-16-19-18-11-24-16/h5-6,9,11H,3-4,7-8,10H2,1-2H3,(H,17,20). The highest BCUT2D eigenvalue weighted by atomic mass is 32.2. The Morgan fingerprint density at radius 3 is 2.75 bits per heavy atom. The Bertz CT molecular complexity index is 636. The molecule has 130 valence electrons. The van der Waals surface area contributed by atoms with E-state index >= 15 is 0 Å². The normalized spacial score (nSPS) is 10.4. The topological polar surface area (TPSA) is 73.3 Å². The molecule has 0 atom stereocenters. The van der Waals surface area contributed by atoms with Crippen LogP contribution in [0.15, 0.2) is 28.0 Å². The van der Waals surface area contributed by atoms with Crippen molar-refractivity contribution in [2.75, 3.05) is 25.5 Å². The van der Waals surface area contributed by atoms with Crippen LogP contribution in [-0.4, -0.2) is 41.6 Å². The van der Waals surface area contributed by atoms with Gasteiger partial charge in [-0.05, 0) is 38.0 Å². The molecule has 0 unspecified atom stereocenters. The van der Waals surface area contributed by atoms with Crippen molar-refractivity contribution in [2.45, 2.75) is 24.6 Å². The number of benzene rings is 1. The summed E-state index contributed by atoms with van der Waals surface area (Å²) in [5.41, 5.74) is 2.75. The van der Waals surface area contributed by atoms with E-state index in [0.717, 1.165) is 27.8 Å². The molecule has 6 nitrogen and oxygen atoms in total. The van der Waals surface area contributed by atoms with Crippen LogP contribution in [0.3, 0.4) is 0 Å². The van der Waals surface area contributed by atoms with Gasteiger partial charge in [0.05, 0.1) is 19.0 Å². The highest BCUT2D eigenvalue weighted by molar-refractivity contribution is 8.01. The summed E-state index contributed by atoms with van der Waals surface area (Å²) in [5, 5.41) is 10.5. The number of carbonyl (C=O) groups is 1. The second kappa shape index (κ2) is 10.1. The molecule has 1 amide bonds. The highest BCUT2D eigenvalue weighted by Gasteiger charge is 2.08. The van der Waals surface area contributed by atoms with Crippen LogP contribution in [0.25, 0.3) is 0 Å². The van der Waals surface area contributed by atoms with Crippen LogP contribution >= 0.6 is 23.1 Å². The first-order valence-electron chi connectivity index (χ1n) is 7.77. The lowest BCUT2D eigenvalue weighted by Gasteiger charge is -2.12. The van der Waals surface area contributed by atoms with Gasteiger partial charge in [0.25, 0.3) is 0 Å². The minimum Gasteiger partial charge on any atom is -0.490 e. The fourth-order valence-corrected chi connectivity index (χ4v) is 3.32. The summed E-state index contributed by atoms with van der Waals surface area (Å²) in [6.07, 6.45) is 0.738. The molecule has 1 aromatic heterocycles. The van der Waals surface area contributed by atoms with E-state index in [0.29, 0.717) is 25.5 Å². The lowest BCUT2D eigenvalue weighted by atomic mass is 10.1. The average Bonchev–Trinajstić information content (AvgIpc) is 3.09. The number of ether oxygens (including phenoxy) is 2. The Morgan fingerprint density at radius 2 is 2.04 bits per heavy atom. The van der Waals surface area contributed by atoms with Crippen molar-refractivity contribution in [3.05, 3.63) is 29.3 Å². The minimum absolute atomic E-state index is 0.00818. The van der Waals surface area contributed by atoms with Gasteiger partial charge in [0, 0.05) is 6.54 Å². The number of thioether (sulfide) groups is 1. The third-order valence-electron chi connectivity index (χ3n) is 3.01. The van der Waals surface area contributed by atoms with Crippen LogP contribution in [0.1, 0.15) is 19.4 Å². The molecule has 0 saturated carbocycles. The molecule has 0 spiro atoms. The van der Waals surface area contributed by atoms with E-state index in [1.807, 2.05) is 32.0 Å². The zero-order valence-corrected chi connectivity index (χ0v) is 15.4. The lowest BCUT2D eigenvalue weighted by molar-refractivity contribution is -0.118. The zero-order valence-electron chi connectivity index (χ0n) is 13.8. The van der Waals surface area contributed by atoms with Gasteiger partial charge in [-0.1, -0.05) is 29.2 Å². The van der Waals surface area contributed by atoms with E-state index < -0.39 is 0 Å². The van der Waals surface area contributed by atoms with E-state index in [4.69, 9.17) is 9.47 Å². The minimum atomic E-state index is -0.00818. The maximum atomic E-state index is 11.8. The van der Waals surface area contributed by atoms with Crippen molar-refractivity contribution in [2.24, 2.45) is 0 Å². The van der Waals surface area contributed by atoms with Gasteiger partial charge in [-0.25, -0.2) is 0 Å². The fraction of sp³-hybridized carbons (Fsp3) is 0.438. The molecule has 0 saturated heterocycles. The largest absolute Gasteiger partial charge is 0.490 e. The van der Waals surface area contributed by atoms with Crippen molar-refractivity contribution in [1.82, 2.24) is 15.5 Å². The predicted octanol–water partition coefficient (Wildman–Crippen LogP) is 2.79. The van der Waals surface area contributed by atoms with E-state index in [9.17, 15) is 4.79 Å². The van der Waals surface area contributed by atoms with Crippen molar-refractivity contribution >= 4 is 29.0 Å². The number of hydrogen-bond acceptors (Lipinski definition) is 7. The number of nitrogens with one attached hydrogen (secondary N) is 1. The maximum Gasteiger partial charge on any atom is 0.230 e. The van der Waals surface area contributed by atoms with Crippen molar-refractivity contribution in [3.8, 4) is 11.5 Å². The predicted molar refractivity (Wildman–Crippen MR) is 96.1 cm³/mol. The Kier molecular flexibility index (Phi) is 7.84. The Hall–Kier alpha value is -1.80. The van der Waals surface area contributed by atoms with Gasteiger partial charge in [0.15, 0.2) is 15.8 Å². The molecule has 1 aromatic carbocycles. The molecular weight excluding hydrogens is 346 g/mol. The fourth-order valence-electron chi connectivity index (χ4n) is 2.00. The first-order chi connectivity index (χ1) is 11.7. The molecule has 1 N–H and O–H groups in total. The van der Waals surface area contributed by atoms with Crippen LogP contribution in [0, 0.1) is 0 Å². The van der Waals surface area contributed by atoms with E-state index in [2.05, 4.69) is 15.5 Å². The molecule has 24 heavy (non-hydrogen) atoms. The quantitative estimate of drug-likeness (QED) is 0.651. The van der Waals surface area contributed by atoms with Gasteiger partial charge in [0.2, 0.25) is 5.91 Å². The van der Waals surface area contributed by atoms with Crippen molar-refractivity contribution in [3.63, 3.8) is 0 Å². The van der Waals surface area contributed by atoms with Gasteiger partial charge in [-0.15, -0.1) is 10.2 Å². The SMILES string of the molecule is CCOc1ccc(CCNC(=O)CSc2nncs2)cc1OCC. The number of amides is 1. The van der Waals surface area contributed by atoms with E-state index in [1.54, 1.807) is 5.51 Å². The third kappa shape index (κ3) is 6.01. The molecule has 2 aromatic rings. The molecule has 0 aliphatic heterocycles. The Morgan fingerprint density at radius 1 is 1.25 bits per heavy atom. The smallest absolute Gasteiger partial charge is 0.230 e. The number of hydrogen-bond donors (Lipinski definition) is 1. The average molecular weight is 367 g/mol. The molecule has 2 rings (SSSR count). The van der Waals surface area contributed by atoms with Crippen LogP contribution in [-0.2, 0) is 11.2 Å². The first kappa shape index (κ1) is 18.5. The first-order valence-corrected chi connectivity index (χ1v) is 9.63. The summed E-state index contributed by atoms with van der Waals surface area (Å²) >= 11 is 2.83. The second-order valence-electron chi connectivity index (χ2n) is 4.74. The molecule has 0 fully saturated rings. The molecule has 0 bridgehead atoms. The highest BCUT2D eigenvalue weighted by Crippen LogP contribution is 2.28. The van der Waals surface area contributed by atoms with Crippen LogP contribution in [0.5, 0.6) is 11.5 Å². The van der Waals surface area contributed by atoms with Crippen LogP contribution in [0.2, 0.25) is 0 Å². The lowest BCUT2D eigenvalue weighted by Crippen LogP contribution is -2.27. The summed E-state index contributed by atoms with van der Waals surface area (Å²) in [6.45, 7) is 5.65. The number of carbonyl (C=O) groups excluding carboxylic acids is 1. The van der Waals surface area contributed by atoms with Gasteiger partial charge >= 0.3 is 0 Å². The molecule has 8 heteroatoms. The van der Waals surface area contributed by atoms with Crippen LogP contribution in [0.4, 0.5) is 0 Å². The van der Waals surface area contributed by atoms with Gasteiger partial charge in [-0.2, -0.15) is 0 Å². The van der Waals surface area contributed by atoms with Gasteiger partial charge in [-0.3, -0.25) is 4.79 Å². The number of nitrogens with zero attached hydrogens (tertiary/aromatic N) is 2. The summed E-state index contributed by atoms with van der Waals surface area (Å²) in [5.74, 6) is 1.84. The van der Waals surface area contributed by atoms with Crippen LogP contribution < -0.4 is 14.8 Å². The summed E-state index contributed by atoms with van der Waals surface area (Å²) in [7, 11) is 0. The monoisotopic (exact) mass is 367 g/mol. The molecular formula is C16H21N3O3S2. The Labute approximate surface area is 150 Å². The molecule has 0 radical (unpaired) electrons. The molecule has 1 heterocycles. The number of rotatable bonds is 10. The Balaban J connectivity index is 1.78. The van der Waals surface area contributed by atoms with Crippen molar-refractivity contribution in [1.29, 1.82) is 0 Å². The van der Waals surface area contributed by atoms with E-state index in [1.165, 1.54) is 23.1 Å². The third-order valence-corrected chi connectivity index (χ3v) is 4.87. The molecule has 0 aliphatic carbocycles. The summed E-state index contributed by atoms with van der Waals surface area (Å²) in [6, 6.07) is 5.88. The summed E-state index contributed by atoms with van der Waals surface area (Å²) < 4.78 is 12.0. The van der Waals surface area contributed by atoms with E-state index in [-0.39, 0.29) is 5.91 Å². The second-order valence-corrected chi connectivity index (χ2v) is 6.80. The van der Waals surface area contributed by atoms with Gasteiger partial charge in [0.1, 0.15) is 5.51 Å². The van der Waals surface area contributed by atoms with Gasteiger partial charge < -0.3 is 14.8 Å². The van der Waals surface area contributed by atoms with Crippen molar-refractivity contribution < 1.29 is 14.3 Å². The zero-order chi connectivity index (χ0) is 17.2. The summed E-state index contributed by atoms with van der Waals surface area (Å²) in [4.78, 5) is 11.8.